The molecule has 1 atom stereocenters. The molecule has 0 aliphatic carbocycles. The monoisotopic (exact) mass is 288 g/mol. The second-order valence-corrected chi connectivity index (χ2v) is 4.38. The van der Waals surface area contributed by atoms with E-state index < -0.39 is 12.0 Å². The fourth-order valence-corrected chi connectivity index (χ4v) is 1.93. The van der Waals surface area contributed by atoms with Crippen LogP contribution in [0, 0.1) is 0 Å². The summed E-state index contributed by atoms with van der Waals surface area (Å²) in [6, 6.07) is 5.48. The van der Waals surface area contributed by atoms with Gasteiger partial charge in [0, 0.05) is 12.4 Å². The number of aromatic nitrogens is 2. The van der Waals surface area contributed by atoms with Crippen LogP contribution in [0.15, 0.2) is 36.7 Å². The molecule has 0 spiro atoms. The minimum Gasteiger partial charge on any atom is -0.478 e. The molecule has 0 aliphatic rings. The summed E-state index contributed by atoms with van der Waals surface area (Å²) in [5.74, 6) is -0.442. The van der Waals surface area contributed by atoms with Crippen LogP contribution >= 0.6 is 0 Å². The van der Waals surface area contributed by atoms with Gasteiger partial charge in [0.15, 0.2) is 0 Å². The molecule has 0 aliphatic heterocycles. The van der Waals surface area contributed by atoms with Crippen LogP contribution in [0.3, 0.4) is 0 Å². The minimum absolute atomic E-state index is 0.0405. The summed E-state index contributed by atoms with van der Waals surface area (Å²) >= 11 is 0. The van der Waals surface area contributed by atoms with E-state index in [1.165, 1.54) is 12.1 Å². The van der Waals surface area contributed by atoms with Crippen molar-refractivity contribution in [3.8, 4) is 0 Å². The normalized spacial score (nSPS) is 11.7. The number of amides is 2. The van der Waals surface area contributed by atoms with Gasteiger partial charge in [0.1, 0.15) is 5.82 Å². The molecule has 1 unspecified atom stereocenters. The molecule has 2 aromatic rings. The van der Waals surface area contributed by atoms with Crippen molar-refractivity contribution in [1.82, 2.24) is 15.3 Å². The zero-order chi connectivity index (χ0) is 15.2. The largest absolute Gasteiger partial charge is 0.478 e. The van der Waals surface area contributed by atoms with Gasteiger partial charge < -0.3 is 20.7 Å². The van der Waals surface area contributed by atoms with Crippen LogP contribution < -0.4 is 10.6 Å². The number of urea groups is 1. The molecule has 0 fully saturated rings. The summed E-state index contributed by atoms with van der Waals surface area (Å²) in [7, 11) is 0. The molecule has 110 valence electrons. The van der Waals surface area contributed by atoms with Crippen LogP contribution in [0.2, 0.25) is 0 Å². The number of aromatic amines is 1. The lowest BCUT2D eigenvalue weighted by Crippen LogP contribution is -2.33. The predicted molar refractivity (Wildman–Crippen MR) is 77.2 cm³/mol. The average molecular weight is 288 g/mol. The second kappa shape index (κ2) is 6.56. The Bertz CT molecular complexity index is 625. The molecular formula is C14H16N4O3. The van der Waals surface area contributed by atoms with Gasteiger partial charge in [0.05, 0.1) is 17.3 Å². The summed E-state index contributed by atoms with van der Waals surface area (Å²) in [6.07, 6.45) is 3.94. The maximum atomic E-state index is 12.0. The molecule has 7 nitrogen and oxygen atoms in total. The van der Waals surface area contributed by atoms with Crippen LogP contribution in [-0.2, 0) is 0 Å². The number of rotatable bonds is 5. The Morgan fingerprint density at radius 2 is 2.14 bits per heavy atom. The molecule has 1 aromatic carbocycles. The fraction of sp³-hybridized carbons (Fsp3) is 0.214. The van der Waals surface area contributed by atoms with Crippen molar-refractivity contribution in [2.45, 2.75) is 19.4 Å². The second-order valence-electron chi connectivity index (χ2n) is 4.38. The van der Waals surface area contributed by atoms with Crippen LogP contribution in [-0.4, -0.2) is 27.1 Å². The maximum Gasteiger partial charge on any atom is 0.337 e. The molecule has 1 aromatic heterocycles. The number of aromatic carboxylic acids is 1. The SMILES string of the molecule is CCC(NC(=O)Nc1ccccc1C(=O)O)c1ncc[nH]1. The number of hydrogen-bond donors (Lipinski definition) is 4. The van der Waals surface area contributed by atoms with E-state index >= 15 is 0 Å². The first-order valence-electron chi connectivity index (χ1n) is 6.51. The quantitative estimate of drug-likeness (QED) is 0.677. The molecule has 0 saturated carbocycles. The molecule has 0 bridgehead atoms. The first kappa shape index (κ1) is 14.6. The van der Waals surface area contributed by atoms with Crippen LogP contribution in [0.4, 0.5) is 10.5 Å². The standard InChI is InChI=1S/C14H16N4O3/c1-2-10(12-15-7-8-16-12)17-14(21)18-11-6-4-3-5-9(11)13(19)20/h3-8,10H,2H2,1H3,(H,15,16)(H,19,20)(H2,17,18,21). The van der Waals surface area contributed by atoms with Crippen LogP contribution in [0.5, 0.6) is 0 Å². The summed E-state index contributed by atoms with van der Waals surface area (Å²) in [4.78, 5) is 30.1. The van der Waals surface area contributed by atoms with E-state index in [4.69, 9.17) is 5.11 Å². The smallest absolute Gasteiger partial charge is 0.337 e. The predicted octanol–water partition coefficient (Wildman–Crippen LogP) is 2.38. The van der Waals surface area contributed by atoms with Crippen molar-refractivity contribution < 1.29 is 14.7 Å². The highest BCUT2D eigenvalue weighted by Crippen LogP contribution is 2.16. The van der Waals surface area contributed by atoms with E-state index in [0.717, 1.165) is 0 Å². The van der Waals surface area contributed by atoms with Gasteiger partial charge in [-0.05, 0) is 18.6 Å². The summed E-state index contributed by atoms with van der Waals surface area (Å²) in [5.41, 5.74) is 0.287. The van der Waals surface area contributed by atoms with Gasteiger partial charge in [-0.3, -0.25) is 0 Å². The average Bonchev–Trinajstić information content (AvgIpc) is 2.99. The minimum atomic E-state index is -1.09. The third kappa shape index (κ3) is 3.59. The van der Waals surface area contributed by atoms with Gasteiger partial charge in [-0.25, -0.2) is 14.6 Å². The van der Waals surface area contributed by atoms with Gasteiger partial charge in [0.2, 0.25) is 0 Å². The summed E-state index contributed by atoms with van der Waals surface area (Å²) in [6.45, 7) is 1.92. The number of carbonyl (C=O) groups is 2. The number of nitrogens with zero attached hydrogens (tertiary/aromatic N) is 1. The molecule has 2 amide bonds. The van der Waals surface area contributed by atoms with E-state index in [2.05, 4.69) is 20.6 Å². The fourth-order valence-electron chi connectivity index (χ4n) is 1.93. The highest BCUT2D eigenvalue weighted by molar-refractivity contribution is 6.00. The topological polar surface area (TPSA) is 107 Å². The van der Waals surface area contributed by atoms with Gasteiger partial charge in [-0.1, -0.05) is 19.1 Å². The first-order chi connectivity index (χ1) is 10.1. The number of hydrogen-bond acceptors (Lipinski definition) is 3. The number of imidazole rings is 1. The lowest BCUT2D eigenvalue weighted by atomic mass is 10.2. The van der Waals surface area contributed by atoms with Gasteiger partial charge in [0.25, 0.3) is 0 Å². The van der Waals surface area contributed by atoms with Gasteiger partial charge in [-0.2, -0.15) is 0 Å². The zero-order valence-electron chi connectivity index (χ0n) is 11.5. The number of benzene rings is 1. The van der Waals surface area contributed by atoms with E-state index in [-0.39, 0.29) is 17.3 Å². The van der Waals surface area contributed by atoms with Crippen molar-refractivity contribution >= 4 is 17.7 Å². The molecule has 2 rings (SSSR count). The number of para-hydroxylation sites is 1. The van der Waals surface area contributed by atoms with Crippen LogP contribution in [0.25, 0.3) is 0 Å². The third-order valence-corrected chi connectivity index (χ3v) is 2.97. The van der Waals surface area contributed by atoms with Crippen molar-refractivity contribution in [3.63, 3.8) is 0 Å². The van der Waals surface area contributed by atoms with Crippen LogP contribution in [0.1, 0.15) is 35.6 Å². The van der Waals surface area contributed by atoms with Crippen molar-refractivity contribution in [2.24, 2.45) is 0 Å². The number of nitrogens with one attached hydrogen (secondary N) is 3. The Hall–Kier alpha value is -2.83. The summed E-state index contributed by atoms with van der Waals surface area (Å²) < 4.78 is 0. The molecule has 0 saturated heterocycles. The molecule has 21 heavy (non-hydrogen) atoms. The Labute approximate surface area is 121 Å². The number of H-pyrrole nitrogens is 1. The first-order valence-corrected chi connectivity index (χ1v) is 6.51. The molecular weight excluding hydrogens is 272 g/mol. The van der Waals surface area contributed by atoms with Gasteiger partial charge in [-0.15, -0.1) is 0 Å². The zero-order valence-corrected chi connectivity index (χ0v) is 11.5. The third-order valence-electron chi connectivity index (χ3n) is 2.97. The van der Waals surface area contributed by atoms with E-state index in [1.54, 1.807) is 24.5 Å². The highest BCUT2D eigenvalue weighted by atomic mass is 16.4. The van der Waals surface area contributed by atoms with Crippen molar-refractivity contribution in [3.05, 3.63) is 48.0 Å². The number of carboxylic acids is 1. The molecule has 1 heterocycles. The molecule has 7 heteroatoms. The Morgan fingerprint density at radius 1 is 1.38 bits per heavy atom. The van der Waals surface area contributed by atoms with E-state index in [9.17, 15) is 9.59 Å². The highest BCUT2D eigenvalue weighted by Gasteiger charge is 2.16. The molecule has 0 radical (unpaired) electrons. The lowest BCUT2D eigenvalue weighted by Gasteiger charge is -2.16. The lowest BCUT2D eigenvalue weighted by molar-refractivity contribution is 0.0698. The van der Waals surface area contributed by atoms with E-state index in [1.807, 2.05) is 6.92 Å². The Balaban J connectivity index is 2.07. The Morgan fingerprint density at radius 3 is 2.76 bits per heavy atom. The van der Waals surface area contributed by atoms with Crippen molar-refractivity contribution in [1.29, 1.82) is 0 Å². The number of carbonyl (C=O) groups excluding carboxylic acids is 1. The van der Waals surface area contributed by atoms with Crippen molar-refractivity contribution in [2.75, 3.05) is 5.32 Å². The van der Waals surface area contributed by atoms with Gasteiger partial charge >= 0.3 is 12.0 Å². The molecule has 4 N–H and O–H groups in total. The number of anilines is 1. The van der Waals surface area contributed by atoms with E-state index in [0.29, 0.717) is 12.2 Å². The number of carboxylic acid groups (broad SMARTS) is 1. The Kier molecular flexibility index (Phi) is 4.55. The maximum absolute atomic E-state index is 12.0. The summed E-state index contributed by atoms with van der Waals surface area (Å²) in [5, 5.41) is 14.4.